The lowest BCUT2D eigenvalue weighted by molar-refractivity contribution is -0.117. The van der Waals surface area contributed by atoms with Crippen LogP contribution in [0.4, 0.5) is 5.69 Å². The van der Waals surface area contributed by atoms with Crippen molar-refractivity contribution in [2.75, 3.05) is 38.0 Å². The number of hydrogen-bond donors (Lipinski definition) is 2. The fraction of sp³-hybridized carbons (Fsp3) is 0.217. The first kappa shape index (κ1) is 21.2. The topological polar surface area (TPSA) is 99.2 Å². The van der Waals surface area contributed by atoms with Gasteiger partial charge < -0.3 is 15.2 Å². The number of anilines is 1. The molecule has 1 fully saturated rings. The lowest BCUT2D eigenvalue weighted by atomic mass is 10.2. The SMILES string of the molecule is O=C(CN1CCN(C(=O)c2cc3ccccc3[nH]2)CC1)Nc1cc(Cl)ccc1-n1cncn1. The van der Waals surface area contributed by atoms with Gasteiger partial charge in [0.25, 0.3) is 5.91 Å². The zero-order valence-corrected chi connectivity index (χ0v) is 18.5. The average Bonchev–Trinajstić information content (AvgIpc) is 3.49. The third-order valence-corrected chi connectivity index (χ3v) is 5.92. The highest BCUT2D eigenvalue weighted by Gasteiger charge is 2.24. The van der Waals surface area contributed by atoms with E-state index >= 15 is 0 Å². The minimum absolute atomic E-state index is 0.0216. The molecule has 0 saturated carbocycles. The van der Waals surface area contributed by atoms with Gasteiger partial charge in [-0.25, -0.2) is 9.67 Å². The molecule has 1 aliphatic rings. The number of carbonyl (C=O) groups excluding carboxylic acids is 2. The Morgan fingerprint density at radius 1 is 1.06 bits per heavy atom. The number of fused-ring (bicyclic) bond motifs is 1. The maximum atomic E-state index is 12.9. The minimum Gasteiger partial charge on any atom is -0.351 e. The Bertz CT molecular complexity index is 1260. The summed E-state index contributed by atoms with van der Waals surface area (Å²) >= 11 is 6.13. The fourth-order valence-corrected chi connectivity index (χ4v) is 4.17. The predicted molar refractivity (Wildman–Crippen MR) is 126 cm³/mol. The molecule has 2 N–H and O–H groups in total. The number of aromatic amines is 1. The Hall–Kier alpha value is -3.69. The van der Waals surface area contributed by atoms with Crippen molar-refractivity contribution in [3.63, 3.8) is 0 Å². The summed E-state index contributed by atoms with van der Waals surface area (Å²) in [6.45, 7) is 2.57. The van der Waals surface area contributed by atoms with Crippen LogP contribution in [0.15, 0.2) is 61.2 Å². The van der Waals surface area contributed by atoms with E-state index in [-0.39, 0.29) is 18.4 Å². The molecule has 0 unspecified atom stereocenters. The summed E-state index contributed by atoms with van der Waals surface area (Å²) in [5.41, 5.74) is 2.77. The second kappa shape index (κ2) is 9.05. The Morgan fingerprint density at radius 2 is 1.88 bits per heavy atom. The van der Waals surface area contributed by atoms with Crippen molar-refractivity contribution in [2.24, 2.45) is 0 Å². The normalized spacial score (nSPS) is 14.5. The van der Waals surface area contributed by atoms with E-state index in [9.17, 15) is 9.59 Å². The van der Waals surface area contributed by atoms with Crippen LogP contribution in [-0.4, -0.2) is 74.1 Å². The van der Waals surface area contributed by atoms with Crippen LogP contribution in [0.3, 0.4) is 0 Å². The maximum Gasteiger partial charge on any atom is 0.270 e. The number of nitrogens with one attached hydrogen (secondary N) is 2. The molecule has 2 aromatic carbocycles. The number of para-hydroxylation sites is 1. The Morgan fingerprint density at radius 3 is 2.64 bits per heavy atom. The van der Waals surface area contributed by atoms with Crippen LogP contribution in [0.1, 0.15) is 10.5 Å². The van der Waals surface area contributed by atoms with Crippen molar-refractivity contribution in [2.45, 2.75) is 0 Å². The Kier molecular flexibility index (Phi) is 5.80. The van der Waals surface area contributed by atoms with Gasteiger partial charge in [0.2, 0.25) is 5.91 Å². The molecule has 4 aromatic rings. The van der Waals surface area contributed by atoms with Gasteiger partial charge in [0, 0.05) is 42.1 Å². The summed E-state index contributed by atoms with van der Waals surface area (Å²) in [5, 5.41) is 8.58. The molecular formula is C23H22ClN7O2. The highest BCUT2D eigenvalue weighted by atomic mass is 35.5. The first-order valence-corrected chi connectivity index (χ1v) is 11.0. The Labute approximate surface area is 195 Å². The average molecular weight is 464 g/mol. The number of H-pyrrole nitrogens is 1. The van der Waals surface area contributed by atoms with Crippen LogP contribution in [0.5, 0.6) is 0 Å². The number of halogens is 1. The van der Waals surface area contributed by atoms with Crippen LogP contribution >= 0.6 is 11.6 Å². The van der Waals surface area contributed by atoms with E-state index in [0.717, 1.165) is 10.9 Å². The van der Waals surface area contributed by atoms with Crippen LogP contribution in [0.25, 0.3) is 16.6 Å². The van der Waals surface area contributed by atoms with Gasteiger partial charge in [-0.05, 0) is 30.3 Å². The van der Waals surface area contributed by atoms with Crippen LogP contribution in [0, 0.1) is 0 Å². The van der Waals surface area contributed by atoms with E-state index < -0.39 is 0 Å². The largest absolute Gasteiger partial charge is 0.351 e. The molecule has 0 radical (unpaired) electrons. The summed E-state index contributed by atoms with van der Waals surface area (Å²) < 4.78 is 1.57. The number of rotatable bonds is 5. The first-order valence-electron chi connectivity index (χ1n) is 10.6. The third-order valence-electron chi connectivity index (χ3n) is 5.69. The van der Waals surface area contributed by atoms with Crippen molar-refractivity contribution in [1.82, 2.24) is 29.5 Å². The number of piperazine rings is 1. The van der Waals surface area contributed by atoms with E-state index in [1.54, 1.807) is 29.2 Å². The molecule has 0 atom stereocenters. The molecule has 9 nitrogen and oxygen atoms in total. The second-order valence-corrected chi connectivity index (χ2v) is 8.32. The van der Waals surface area contributed by atoms with Crippen molar-refractivity contribution in [1.29, 1.82) is 0 Å². The molecule has 1 aliphatic heterocycles. The maximum absolute atomic E-state index is 12.9. The molecule has 5 rings (SSSR count). The first-order chi connectivity index (χ1) is 16.1. The highest BCUT2D eigenvalue weighted by molar-refractivity contribution is 6.31. The van der Waals surface area contributed by atoms with Gasteiger partial charge in [0.05, 0.1) is 17.9 Å². The molecular weight excluding hydrogens is 442 g/mol. The smallest absolute Gasteiger partial charge is 0.270 e. The molecule has 2 amide bonds. The number of amides is 2. The van der Waals surface area contributed by atoms with Crippen molar-refractivity contribution in [3.05, 3.63) is 71.9 Å². The molecule has 2 aromatic heterocycles. The van der Waals surface area contributed by atoms with E-state index in [0.29, 0.717) is 48.3 Å². The second-order valence-electron chi connectivity index (χ2n) is 7.89. The van der Waals surface area contributed by atoms with Gasteiger partial charge in [0.15, 0.2) is 0 Å². The minimum atomic E-state index is -0.158. The van der Waals surface area contributed by atoms with E-state index in [1.807, 2.05) is 40.1 Å². The van der Waals surface area contributed by atoms with E-state index in [4.69, 9.17) is 11.6 Å². The summed E-state index contributed by atoms with van der Waals surface area (Å²) in [5.74, 6) is -0.180. The summed E-state index contributed by atoms with van der Waals surface area (Å²) in [4.78, 5) is 36.6. The summed E-state index contributed by atoms with van der Waals surface area (Å²) in [6, 6.07) is 14.9. The monoisotopic (exact) mass is 463 g/mol. The van der Waals surface area contributed by atoms with Gasteiger partial charge in [-0.2, -0.15) is 5.10 Å². The number of carbonyl (C=O) groups is 2. The number of benzene rings is 2. The lowest BCUT2D eigenvalue weighted by Crippen LogP contribution is -2.50. The van der Waals surface area contributed by atoms with Gasteiger partial charge in [-0.1, -0.05) is 29.8 Å². The van der Waals surface area contributed by atoms with Gasteiger partial charge >= 0.3 is 0 Å². The lowest BCUT2D eigenvalue weighted by Gasteiger charge is -2.34. The quantitative estimate of drug-likeness (QED) is 0.474. The highest BCUT2D eigenvalue weighted by Crippen LogP contribution is 2.24. The molecule has 0 bridgehead atoms. The Balaban J connectivity index is 1.18. The number of nitrogens with zero attached hydrogens (tertiary/aromatic N) is 5. The zero-order valence-electron chi connectivity index (χ0n) is 17.7. The molecule has 0 spiro atoms. The molecule has 1 saturated heterocycles. The predicted octanol–water partition coefficient (Wildman–Crippen LogP) is 2.80. The van der Waals surface area contributed by atoms with E-state index in [2.05, 4.69) is 20.4 Å². The summed E-state index contributed by atoms with van der Waals surface area (Å²) in [6.07, 6.45) is 2.99. The van der Waals surface area contributed by atoms with Crippen molar-refractivity contribution >= 4 is 40.0 Å². The van der Waals surface area contributed by atoms with Gasteiger partial charge in [-0.3, -0.25) is 14.5 Å². The number of hydrogen-bond acceptors (Lipinski definition) is 5. The van der Waals surface area contributed by atoms with Gasteiger partial charge in [-0.15, -0.1) is 0 Å². The standard InChI is InChI=1S/C23H22ClN7O2/c24-17-5-6-21(31-15-25-14-26-31)19(12-17)28-22(32)13-29-7-9-30(10-8-29)23(33)20-11-16-3-1-2-4-18(16)27-20/h1-6,11-12,14-15,27H,7-10,13H2,(H,28,32). The molecule has 33 heavy (non-hydrogen) atoms. The molecule has 0 aliphatic carbocycles. The van der Waals surface area contributed by atoms with Crippen LogP contribution in [0.2, 0.25) is 5.02 Å². The molecule has 3 heterocycles. The fourth-order valence-electron chi connectivity index (χ4n) is 4.00. The van der Waals surface area contributed by atoms with E-state index in [1.165, 1.54) is 6.33 Å². The molecule has 10 heteroatoms. The van der Waals surface area contributed by atoms with Crippen molar-refractivity contribution in [3.8, 4) is 5.69 Å². The molecule has 168 valence electrons. The van der Waals surface area contributed by atoms with Crippen molar-refractivity contribution < 1.29 is 9.59 Å². The van der Waals surface area contributed by atoms with Crippen LogP contribution in [-0.2, 0) is 4.79 Å². The van der Waals surface area contributed by atoms with Crippen LogP contribution < -0.4 is 5.32 Å². The zero-order chi connectivity index (χ0) is 22.8. The third kappa shape index (κ3) is 4.59. The summed E-state index contributed by atoms with van der Waals surface area (Å²) in [7, 11) is 0. The van der Waals surface area contributed by atoms with Gasteiger partial charge in [0.1, 0.15) is 18.3 Å². The number of aromatic nitrogens is 4.